The average molecular weight is 582 g/mol. The number of Topliss-reactive ketones (excluding diaryl/α,β-unsaturated/α-hetero) is 1. The maximum absolute atomic E-state index is 14.9. The zero-order chi connectivity index (χ0) is 28.7. The molecule has 2 aliphatic heterocycles. The Hall–Kier alpha value is -2.07. The van der Waals surface area contributed by atoms with Crippen LogP contribution in [0.4, 0.5) is 10.1 Å². The Bertz CT molecular complexity index is 1250. The lowest BCUT2D eigenvalue weighted by Gasteiger charge is -2.37. The van der Waals surface area contributed by atoms with Gasteiger partial charge < -0.3 is 26.0 Å². The number of carbonyl (C=O) groups is 2. The summed E-state index contributed by atoms with van der Waals surface area (Å²) < 4.78 is 14.9. The number of rotatable bonds is 9. The first-order valence-electron chi connectivity index (χ1n) is 13.1. The fourth-order valence-corrected chi connectivity index (χ4v) is 6.52. The molecule has 7 nitrogen and oxygen atoms in total. The Labute approximate surface area is 237 Å². The summed E-state index contributed by atoms with van der Waals surface area (Å²) in [7, 11) is 0. The third-order valence-corrected chi connectivity index (χ3v) is 8.40. The van der Waals surface area contributed by atoms with Gasteiger partial charge in [-0.05, 0) is 60.1 Å². The third kappa shape index (κ3) is 5.87. The van der Waals surface area contributed by atoms with Crippen molar-refractivity contribution in [2.75, 3.05) is 11.9 Å². The van der Waals surface area contributed by atoms with Gasteiger partial charge in [0.15, 0.2) is 0 Å². The first-order valence-corrected chi connectivity index (χ1v) is 13.8. The van der Waals surface area contributed by atoms with Gasteiger partial charge in [0.1, 0.15) is 17.7 Å². The minimum absolute atomic E-state index is 0.0629. The second-order valence-electron chi connectivity index (χ2n) is 11.9. The van der Waals surface area contributed by atoms with E-state index in [1.165, 1.54) is 12.1 Å². The van der Waals surface area contributed by atoms with E-state index in [0.717, 1.165) is 5.56 Å². The van der Waals surface area contributed by atoms with Gasteiger partial charge in [-0.1, -0.05) is 56.1 Å². The summed E-state index contributed by atoms with van der Waals surface area (Å²) in [6, 6.07) is 8.56. The number of benzene rings is 2. The number of hydrogen-bond acceptors (Lipinski definition) is 6. The molecular formula is C29H35Cl2FN2O5. The van der Waals surface area contributed by atoms with Crippen LogP contribution >= 0.6 is 23.2 Å². The molecular weight excluding hydrogens is 546 g/mol. The minimum Gasteiger partial charge on any atom is -0.394 e. The van der Waals surface area contributed by atoms with Crippen LogP contribution < -0.4 is 10.6 Å². The highest BCUT2D eigenvalue weighted by molar-refractivity contribution is 6.31. The minimum atomic E-state index is -1.36. The Morgan fingerprint density at radius 1 is 1.15 bits per heavy atom. The molecule has 1 amide bonds. The predicted octanol–water partition coefficient (Wildman–Crippen LogP) is 4.02. The van der Waals surface area contributed by atoms with E-state index >= 15 is 0 Å². The molecule has 39 heavy (non-hydrogen) atoms. The van der Waals surface area contributed by atoms with Gasteiger partial charge in [-0.2, -0.15) is 0 Å². The van der Waals surface area contributed by atoms with Crippen molar-refractivity contribution in [2.24, 2.45) is 11.3 Å². The van der Waals surface area contributed by atoms with E-state index in [1.807, 2.05) is 26.8 Å². The fourth-order valence-electron chi connectivity index (χ4n) is 6.15. The molecule has 0 radical (unpaired) electrons. The van der Waals surface area contributed by atoms with Gasteiger partial charge in [-0.3, -0.25) is 9.59 Å². The van der Waals surface area contributed by atoms with Crippen LogP contribution in [0.3, 0.4) is 0 Å². The van der Waals surface area contributed by atoms with Crippen LogP contribution in [0.5, 0.6) is 0 Å². The van der Waals surface area contributed by atoms with Gasteiger partial charge in [0.2, 0.25) is 5.91 Å². The zero-order valence-corrected chi connectivity index (χ0v) is 23.7. The van der Waals surface area contributed by atoms with E-state index in [2.05, 4.69) is 10.6 Å². The molecule has 0 aliphatic carbocycles. The molecule has 10 heteroatoms. The van der Waals surface area contributed by atoms with E-state index in [1.54, 1.807) is 18.2 Å². The van der Waals surface area contributed by atoms with Crippen LogP contribution in [0.2, 0.25) is 10.0 Å². The van der Waals surface area contributed by atoms with Crippen LogP contribution in [0.1, 0.15) is 51.2 Å². The number of amides is 1. The zero-order valence-electron chi connectivity index (χ0n) is 22.2. The Morgan fingerprint density at radius 3 is 2.51 bits per heavy atom. The molecule has 212 valence electrons. The SMILES string of the molecule is CC(C)(C)C[C@H]1N[C@@H](C(=O)CC[C@H](O)[C@H](O)CO)[C@H](Cc2cccc(Cl)c2)[C@@]12C(=O)Nc1cc(Cl)c(F)cc12. The molecule has 2 aromatic rings. The Balaban J connectivity index is 1.84. The van der Waals surface area contributed by atoms with Crippen LogP contribution in [0.25, 0.3) is 0 Å². The van der Waals surface area contributed by atoms with E-state index in [0.29, 0.717) is 29.1 Å². The van der Waals surface area contributed by atoms with Gasteiger partial charge >= 0.3 is 0 Å². The Kier molecular flexibility index (Phi) is 8.76. The quantitative estimate of drug-likeness (QED) is 0.305. The van der Waals surface area contributed by atoms with Crippen molar-refractivity contribution in [3.8, 4) is 0 Å². The molecule has 6 atom stereocenters. The lowest BCUT2D eigenvalue weighted by atomic mass is 9.62. The number of fused-ring (bicyclic) bond motifs is 2. The standard InChI is InChI=1S/C29H35Cl2FN2O5/c1-28(2,3)13-25-29(17-11-20(32)19(31)12-21(17)33-27(29)39)18(10-15-5-4-6-16(30)9-15)26(34-25)23(37)8-7-22(36)24(38)14-35/h4-6,9,11-12,18,22,24-26,34-36,38H,7-8,10,13-14H2,1-3H3,(H,33,39)/t18-,22-,24+,25+,26+,29+/m0/s1. The highest BCUT2D eigenvalue weighted by Crippen LogP contribution is 2.54. The van der Waals surface area contributed by atoms with Crippen molar-refractivity contribution in [1.29, 1.82) is 0 Å². The van der Waals surface area contributed by atoms with Crippen LogP contribution in [0, 0.1) is 17.2 Å². The Morgan fingerprint density at radius 2 is 1.87 bits per heavy atom. The van der Waals surface area contributed by atoms with Crippen molar-refractivity contribution >= 4 is 40.6 Å². The molecule has 0 bridgehead atoms. The van der Waals surface area contributed by atoms with Crippen molar-refractivity contribution in [1.82, 2.24) is 5.32 Å². The first kappa shape index (κ1) is 29.9. The molecule has 4 rings (SSSR count). The van der Waals surface area contributed by atoms with Gasteiger partial charge in [0.25, 0.3) is 0 Å². The van der Waals surface area contributed by atoms with E-state index in [-0.39, 0.29) is 35.0 Å². The highest BCUT2D eigenvalue weighted by atomic mass is 35.5. The molecule has 2 aliphatic rings. The van der Waals surface area contributed by atoms with Gasteiger partial charge in [0.05, 0.1) is 29.2 Å². The molecule has 5 N–H and O–H groups in total. The van der Waals surface area contributed by atoms with Crippen molar-refractivity contribution in [3.63, 3.8) is 0 Å². The summed E-state index contributed by atoms with van der Waals surface area (Å²) in [5.41, 5.74) is 0.139. The lowest BCUT2D eigenvalue weighted by molar-refractivity contribution is -0.124. The number of aliphatic hydroxyl groups excluding tert-OH is 3. The number of nitrogens with one attached hydrogen (secondary N) is 2. The van der Waals surface area contributed by atoms with E-state index < -0.39 is 48.0 Å². The maximum Gasteiger partial charge on any atom is 0.237 e. The first-order chi connectivity index (χ1) is 18.3. The largest absolute Gasteiger partial charge is 0.394 e. The molecule has 1 saturated heterocycles. The van der Waals surface area contributed by atoms with Crippen molar-refractivity contribution in [2.45, 2.75) is 76.2 Å². The summed E-state index contributed by atoms with van der Waals surface area (Å²) in [6.45, 7) is 5.47. The second kappa shape index (κ2) is 11.4. The summed E-state index contributed by atoms with van der Waals surface area (Å²) in [5, 5.41) is 35.8. The topological polar surface area (TPSA) is 119 Å². The van der Waals surface area contributed by atoms with Crippen molar-refractivity contribution in [3.05, 3.63) is 63.4 Å². The van der Waals surface area contributed by atoms with Crippen LogP contribution in [-0.2, 0) is 21.4 Å². The number of carbonyl (C=O) groups excluding carboxylic acids is 2. The summed E-state index contributed by atoms with van der Waals surface area (Å²) in [6.07, 6.45) is -2.00. The average Bonchev–Trinajstić information content (AvgIpc) is 3.31. The molecule has 1 fully saturated rings. The second-order valence-corrected chi connectivity index (χ2v) is 12.7. The van der Waals surface area contributed by atoms with Crippen molar-refractivity contribution < 1.29 is 29.3 Å². The molecule has 0 unspecified atom stereocenters. The molecule has 1 spiro atoms. The summed E-state index contributed by atoms with van der Waals surface area (Å²) >= 11 is 12.4. The number of aliphatic hydroxyl groups is 3. The number of ketones is 1. The maximum atomic E-state index is 14.9. The predicted molar refractivity (Wildman–Crippen MR) is 148 cm³/mol. The monoisotopic (exact) mass is 580 g/mol. The lowest BCUT2D eigenvalue weighted by Crippen LogP contribution is -2.50. The molecule has 2 heterocycles. The molecule has 0 saturated carbocycles. The van der Waals surface area contributed by atoms with E-state index in [9.17, 15) is 24.2 Å². The molecule has 2 aromatic carbocycles. The van der Waals surface area contributed by atoms with E-state index in [4.69, 9.17) is 28.3 Å². The normalized spacial score (nSPS) is 26.0. The summed E-state index contributed by atoms with van der Waals surface area (Å²) in [5.74, 6) is -1.87. The number of halogens is 3. The summed E-state index contributed by atoms with van der Waals surface area (Å²) in [4.78, 5) is 27.8. The van der Waals surface area contributed by atoms with Gasteiger partial charge in [0, 0.05) is 29.1 Å². The van der Waals surface area contributed by atoms with Gasteiger partial charge in [-0.15, -0.1) is 0 Å². The number of hydrogen-bond donors (Lipinski definition) is 5. The van der Waals surface area contributed by atoms with Crippen LogP contribution in [-0.4, -0.2) is 57.9 Å². The number of anilines is 1. The van der Waals surface area contributed by atoms with Crippen LogP contribution in [0.15, 0.2) is 36.4 Å². The third-order valence-electron chi connectivity index (χ3n) is 7.87. The smallest absolute Gasteiger partial charge is 0.237 e. The highest BCUT2D eigenvalue weighted by Gasteiger charge is 2.65. The molecule has 0 aromatic heterocycles. The van der Waals surface area contributed by atoms with Gasteiger partial charge in [-0.25, -0.2) is 4.39 Å². The fraction of sp³-hybridized carbons (Fsp3) is 0.517.